The number of amides is 1. The summed E-state index contributed by atoms with van der Waals surface area (Å²) in [5.74, 6) is -1.54. The molecular formula is C21H19N3O5. The van der Waals surface area contributed by atoms with Crippen molar-refractivity contribution in [1.29, 1.82) is 0 Å². The second-order valence-electron chi connectivity index (χ2n) is 7.00. The predicted molar refractivity (Wildman–Crippen MR) is 106 cm³/mol. The summed E-state index contributed by atoms with van der Waals surface area (Å²) in [4.78, 5) is 53.4. The van der Waals surface area contributed by atoms with E-state index in [0.717, 1.165) is 15.7 Å². The average Bonchev–Trinajstić information content (AvgIpc) is 2.72. The van der Waals surface area contributed by atoms with Crippen LogP contribution in [0.2, 0.25) is 0 Å². The van der Waals surface area contributed by atoms with Crippen LogP contribution in [0.1, 0.15) is 28.4 Å². The number of carbonyl (C=O) groups is 2. The van der Waals surface area contributed by atoms with Crippen LogP contribution in [0.5, 0.6) is 0 Å². The molecule has 1 amide bonds. The molecule has 0 bridgehead atoms. The number of H-pyrrole nitrogens is 1. The summed E-state index contributed by atoms with van der Waals surface area (Å²) in [6.07, 6.45) is 0.225. The maximum absolute atomic E-state index is 13.1. The number of fused-ring (bicyclic) bond motifs is 2. The van der Waals surface area contributed by atoms with Crippen LogP contribution in [0.4, 0.5) is 0 Å². The van der Waals surface area contributed by atoms with Gasteiger partial charge < -0.3 is 15.0 Å². The Kier molecular flexibility index (Phi) is 4.54. The number of benzene rings is 2. The van der Waals surface area contributed by atoms with Gasteiger partial charge in [-0.15, -0.1) is 0 Å². The van der Waals surface area contributed by atoms with Gasteiger partial charge >= 0.3 is 11.7 Å². The zero-order chi connectivity index (χ0) is 20.7. The van der Waals surface area contributed by atoms with Gasteiger partial charge in [0.1, 0.15) is 6.04 Å². The van der Waals surface area contributed by atoms with Crippen LogP contribution in [-0.2, 0) is 24.3 Å². The number of aromatic amines is 1. The quantitative estimate of drug-likeness (QED) is 0.698. The first-order valence-corrected chi connectivity index (χ1v) is 9.28. The lowest BCUT2D eigenvalue weighted by Crippen LogP contribution is -2.48. The smallest absolute Gasteiger partial charge is 0.328 e. The fourth-order valence-electron chi connectivity index (χ4n) is 3.80. The third-order valence-electron chi connectivity index (χ3n) is 5.34. The van der Waals surface area contributed by atoms with Crippen molar-refractivity contribution < 1.29 is 14.7 Å². The fraction of sp³-hybridized carbons (Fsp3) is 0.238. The second-order valence-corrected chi connectivity index (χ2v) is 7.00. The number of aromatic nitrogens is 2. The number of aliphatic carboxylic acids is 1. The molecule has 0 saturated heterocycles. The Morgan fingerprint density at radius 2 is 1.86 bits per heavy atom. The van der Waals surface area contributed by atoms with E-state index >= 15 is 0 Å². The summed E-state index contributed by atoms with van der Waals surface area (Å²) in [5, 5.41) is 9.94. The molecule has 0 spiro atoms. The maximum atomic E-state index is 13.1. The summed E-state index contributed by atoms with van der Waals surface area (Å²) >= 11 is 0. The summed E-state index contributed by atoms with van der Waals surface area (Å²) in [7, 11) is 0. The van der Waals surface area contributed by atoms with Crippen molar-refractivity contribution in [2.75, 3.05) is 0 Å². The van der Waals surface area contributed by atoms with Crippen molar-refractivity contribution in [3.8, 4) is 0 Å². The number of rotatable bonds is 3. The van der Waals surface area contributed by atoms with Crippen LogP contribution >= 0.6 is 0 Å². The van der Waals surface area contributed by atoms with Gasteiger partial charge in [-0.25, -0.2) is 9.59 Å². The highest BCUT2D eigenvalue weighted by Crippen LogP contribution is 2.25. The standard InChI is InChI=1S/C21H19N3O5/c1-2-23-19(26)15-8-7-13(9-16(15)22-21(23)29)18(25)24-11-14-6-4-3-5-12(14)10-17(24)20(27)28/h3-9,17H,2,10-11H2,1H3,(H,22,29)(H,27,28)/t17-/m0/s1. The highest BCUT2D eigenvalue weighted by molar-refractivity contribution is 5.99. The van der Waals surface area contributed by atoms with Gasteiger partial charge in [-0.1, -0.05) is 24.3 Å². The van der Waals surface area contributed by atoms with Crippen molar-refractivity contribution in [1.82, 2.24) is 14.5 Å². The molecule has 2 aromatic carbocycles. The monoisotopic (exact) mass is 393 g/mol. The predicted octanol–water partition coefficient (Wildman–Crippen LogP) is 1.36. The third kappa shape index (κ3) is 3.12. The summed E-state index contributed by atoms with van der Waals surface area (Å²) in [6, 6.07) is 10.9. The van der Waals surface area contributed by atoms with Gasteiger partial charge in [0.25, 0.3) is 11.5 Å². The molecule has 1 aliphatic rings. The number of nitrogens with one attached hydrogen (secondary N) is 1. The molecule has 0 aliphatic carbocycles. The normalized spacial score (nSPS) is 15.9. The minimum Gasteiger partial charge on any atom is -0.480 e. The number of carbonyl (C=O) groups excluding carboxylic acids is 1. The lowest BCUT2D eigenvalue weighted by Gasteiger charge is -2.34. The fourth-order valence-corrected chi connectivity index (χ4v) is 3.80. The highest BCUT2D eigenvalue weighted by atomic mass is 16.4. The summed E-state index contributed by atoms with van der Waals surface area (Å²) in [5.41, 5.74) is 1.29. The minimum atomic E-state index is -1.08. The van der Waals surface area contributed by atoms with Crippen LogP contribution in [0.3, 0.4) is 0 Å². The lowest BCUT2D eigenvalue weighted by atomic mass is 9.93. The average molecular weight is 393 g/mol. The van der Waals surface area contributed by atoms with Gasteiger partial charge in [0.15, 0.2) is 0 Å². The molecule has 29 heavy (non-hydrogen) atoms. The Morgan fingerprint density at radius 1 is 1.14 bits per heavy atom. The van der Waals surface area contributed by atoms with Crippen LogP contribution < -0.4 is 11.2 Å². The number of hydrogen-bond donors (Lipinski definition) is 2. The van der Waals surface area contributed by atoms with E-state index in [1.807, 2.05) is 24.3 Å². The van der Waals surface area contributed by atoms with Crippen molar-refractivity contribution in [3.05, 3.63) is 80.0 Å². The van der Waals surface area contributed by atoms with Crippen LogP contribution in [0.15, 0.2) is 52.1 Å². The molecule has 2 N–H and O–H groups in total. The van der Waals surface area contributed by atoms with Gasteiger partial charge in [-0.3, -0.25) is 14.2 Å². The van der Waals surface area contributed by atoms with Gasteiger partial charge in [-0.05, 0) is 36.2 Å². The Hall–Kier alpha value is -3.68. The first-order valence-electron chi connectivity index (χ1n) is 9.28. The topological polar surface area (TPSA) is 112 Å². The van der Waals surface area contributed by atoms with E-state index in [1.54, 1.807) is 6.92 Å². The maximum Gasteiger partial charge on any atom is 0.328 e. The first-order chi connectivity index (χ1) is 13.9. The molecule has 0 fully saturated rings. The molecule has 1 aromatic heterocycles. The molecule has 3 aromatic rings. The highest BCUT2D eigenvalue weighted by Gasteiger charge is 2.35. The van der Waals surface area contributed by atoms with Crippen LogP contribution in [0, 0.1) is 0 Å². The number of nitrogens with zero attached hydrogens (tertiary/aromatic N) is 2. The van der Waals surface area contributed by atoms with Crippen LogP contribution in [0.25, 0.3) is 10.9 Å². The largest absolute Gasteiger partial charge is 0.480 e. The first kappa shape index (κ1) is 18.7. The van der Waals surface area contributed by atoms with Gasteiger partial charge in [0.05, 0.1) is 10.9 Å². The van der Waals surface area contributed by atoms with E-state index in [2.05, 4.69) is 4.98 Å². The van der Waals surface area contributed by atoms with E-state index < -0.39 is 29.2 Å². The van der Waals surface area contributed by atoms with Crippen molar-refractivity contribution >= 4 is 22.8 Å². The van der Waals surface area contributed by atoms with E-state index in [-0.39, 0.29) is 30.6 Å². The number of carboxylic acid groups (broad SMARTS) is 1. The molecule has 0 unspecified atom stereocenters. The molecule has 1 atom stereocenters. The lowest BCUT2D eigenvalue weighted by molar-refractivity contribution is -0.142. The Morgan fingerprint density at radius 3 is 2.55 bits per heavy atom. The minimum absolute atomic E-state index is 0.179. The summed E-state index contributed by atoms with van der Waals surface area (Å²) < 4.78 is 1.08. The molecule has 0 saturated carbocycles. The molecule has 4 rings (SSSR count). The van der Waals surface area contributed by atoms with Crippen molar-refractivity contribution in [2.24, 2.45) is 0 Å². The van der Waals surface area contributed by atoms with E-state index in [0.29, 0.717) is 5.39 Å². The van der Waals surface area contributed by atoms with Crippen LogP contribution in [-0.4, -0.2) is 37.5 Å². The molecular weight excluding hydrogens is 374 g/mol. The second kappa shape index (κ2) is 7.05. The summed E-state index contributed by atoms with van der Waals surface area (Å²) in [6.45, 7) is 2.11. The van der Waals surface area contributed by atoms with Gasteiger partial charge in [0.2, 0.25) is 0 Å². The number of hydrogen-bond acceptors (Lipinski definition) is 4. The van der Waals surface area contributed by atoms with Crippen molar-refractivity contribution in [2.45, 2.75) is 32.5 Å². The Bertz CT molecular complexity index is 1260. The Balaban J connectivity index is 1.77. The molecule has 148 valence electrons. The number of carboxylic acids is 1. The third-order valence-corrected chi connectivity index (χ3v) is 5.34. The molecule has 8 nitrogen and oxygen atoms in total. The Labute approximate surface area is 165 Å². The molecule has 1 aliphatic heterocycles. The van der Waals surface area contributed by atoms with Gasteiger partial charge in [-0.2, -0.15) is 0 Å². The SMILES string of the molecule is CCn1c(=O)[nH]c2cc(C(=O)N3Cc4ccccc4C[C@H]3C(=O)O)ccc2c1=O. The van der Waals surface area contributed by atoms with Crippen molar-refractivity contribution in [3.63, 3.8) is 0 Å². The van der Waals surface area contributed by atoms with Gasteiger partial charge in [0, 0.05) is 25.1 Å². The molecule has 2 heterocycles. The zero-order valence-corrected chi connectivity index (χ0v) is 15.7. The van der Waals surface area contributed by atoms with E-state index in [4.69, 9.17) is 0 Å². The molecule has 8 heteroatoms. The zero-order valence-electron chi connectivity index (χ0n) is 15.7. The van der Waals surface area contributed by atoms with E-state index in [1.165, 1.54) is 23.1 Å². The van der Waals surface area contributed by atoms with E-state index in [9.17, 15) is 24.3 Å². The molecule has 0 radical (unpaired) electrons.